The highest BCUT2D eigenvalue weighted by atomic mass is 35.5. The van der Waals surface area contributed by atoms with E-state index in [1.165, 1.54) is 37.9 Å². The van der Waals surface area contributed by atoms with Crippen molar-refractivity contribution in [2.45, 2.75) is 52.3 Å². The summed E-state index contributed by atoms with van der Waals surface area (Å²) in [5.74, 6) is 0.516. The zero-order valence-electron chi connectivity index (χ0n) is 16.7. The SMILES string of the molecule is Cc1cc(O[C@H](C)C(=O)NCc2cccc(CN3CCCCC3)c2)ccc1Cl. The van der Waals surface area contributed by atoms with E-state index in [4.69, 9.17) is 16.3 Å². The van der Waals surface area contributed by atoms with Crippen LogP contribution >= 0.6 is 11.6 Å². The molecule has 2 aromatic carbocycles. The standard InChI is InChI=1S/C23H29ClN2O2/c1-17-13-21(9-10-22(17)24)28-18(2)23(27)25-15-19-7-6-8-20(14-19)16-26-11-4-3-5-12-26/h6-10,13-14,18H,3-5,11-12,15-16H2,1-2H3,(H,25,27)/t18-/m1/s1. The maximum atomic E-state index is 12.4. The van der Waals surface area contributed by atoms with E-state index in [1.807, 2.05) is 19.1 Å². The zero-order chi connectivity index (χ0) is 19.9. The van der Waals surface area contributed by atoms with Crippen LogP contribution in [0.25, 0.3) is 0 Å². The van der Waals surface area contributed by atoms with Crippen molar-refractivity contribution in [1.82, 2.24) is 10.2 Å². The summed E-state index contributed by atoms with van der Waals surface area (Å²) in [5, 5.41) is 3.66. The minimum Gasteiger partial charge on any atom is -0.481 e. The Morgan fingerprint density at radius 3 is 2.64 bits per heavy atom. The number of hydrogen-bond donors (Lipinski definition) is 1. The smallest absolute Gasteiger partial charge is 0.261 e. The first-order valence-corrected chi connectivity index (χ1v) is 10.4. The Bertz CT molecular complexity index is 803. The number of halogens is 1. The number of carbonyl (C=O) groups is 1. The lowest BCUT2D eigenvalue weighted by Crippen LogP contribution is -2.36. The van der Waals surface area contributed by atoms with Gasteiger partial charge in [-0.15, -0.1) is 0 Å². The molecule has 0 aliphatic carbocycles. The van der Waals surface area contributed by atoms with Crippen LogP contribution in [-0.4, -0.2) is 30.0 Å². The van der Waals surface area contributed by atoms with Crippen molar-refractivity contribution in [3.05, 3.63) is 64.2 Å². The maximum Gasteiger partial charge on any atom is 0.261 e. The van der Waals surface area contributed by atoms with Gasteiger partial charge < -0.3 is 10.1 Å². The van der Waals surface area contributed by atoms with Crippen molar-refractivity contribution < 1.29 is 9.53 Å². The van der Waals surface area contributed by atoms with Crippen LogP contribution in [0.4, 0.5) is 0 Å². The average Bonchev–Trinajstić information content (AvgIpc) is 2.70. The van der Waals surface area contributed by atoms with Crippen molar-refractivity contribution >= 4 is 17.5 Å². The summed E-state index contributed by atoms with van der Waals surface area (Å²) in [5.41, 5.74) is 3.34. The molecule has 0 bridgehead atoms. The molecule has 0 saturated carbocycles. The van der Waals surface area contributed by atoms with E-state index in [0.717, 1.165) is 17.7 Å². The number of benzene rings is 2. The zero-order valence-corrected chi connectivity index (χ0v) is 17.5. The van der Waals surface area contributed by atoms with Gasteiger partial charge in [-0.25, -0.2) is 0 Å². The number of nitrogens with one attached hydrogen (secondary N) is 1. The predicted octanol–water partition coefficient (Wildman–Crippen LogP) is 4.72. The Balaban J connectivity index is 1.50. The van der Waals surface area contributed by atoms with Gasteiger partial charge in [-0.2, -0.15) is 0 Å². The summed E-state index contributed by atoms with van der Waals surface area (Å²) >= 11 is 6.03. The van der Waals surface area contributed by atoms with E-state index in [2.05, 4.69) is 28.4 Å². The lowest BCUT2D eigenvalue weighted by molar-refractivity contribution is -0.127. The van der Waals surface area contributed by atoms with Crippen LogP contribution in [-0.2, 0) is 17.9 Å². The normalized spacial score (nSPS) is 15.8. The summed E-state index contributed by atoms with van der Waals surface area (Å²) in [6, 6.07) is 13.9. The van der Waals surface area contributed by atoms with Crippen LogP contribution in [0.3, 0.4) is 0 Å². The first-order chi connectivity index (χ1) is 13.5. The molecule has 3 rings (SSSR count). The van der Waals surface area contributed by atoms with Crippen LogP contribution in [0, 0.1) is 6.92 Å². The topological polar surface area (TPSA) is 41.6 Å². The molecule has 5 heteroatoms. The predicted molar refractivity (Wildman–Crippen MR) is 114 cm³/mol. The summed E-state index contributed by atoms with van der Waals surface area (Å²) < 4.78 is 5.75. The molecular weight excluding hydrogens is 372 g/mol. The molecule has 1 heterocycles. The van der Waals surface area contributed by atoms with Crippen LogP contribution in [0.5, 0.6) is 5.75 Å². The second kappa shape index (κ2) is 9.94. The van der Waals surface area contributed by atoms with Crippen molar-refractivity contribution in [3.8, 4) is 5.75 Å². The fourth-order valence-corrected chi connectivity index (χ4v) is 3.61. The molecule has 0 unspecified atom stereocenters. The first kappa shape index (κ1) is 20.7. The largest absolute Gasteiger partial charge is 0.481 e. The summed E-state index contributed by atoms with van der Waals surface area (Å²) in [6.45, 7) is 7.51. The van der Waals surface area contributed by atoms with E-state index in [1.54, 1.807) is 19.1 Å². The molecule has 1 amide bonds. The molecule has 1 atom stereocenters. The number of carbonyl (C=O) groups excluding carboxylic acids is 1. The fourth-order valence-electron chi connectivity index (χ4n) is 3.49. The van der Waals surface area contributed by atoms with Gasteiger partial charge in [0.05, 0.1) is 0 Å². The van der Waals surface area contributed by atoms with Gasteiger partial charge in [0.1, 0.15) is 5.75 Å². The third-order valence-corrected chi connectivity index (χ3v) is 5.55. The molecule has 150 valence electrons. The van der Waals surface area contributed by atoms with E-state index >= 15 is 0 Å². The Labute approximate surface area is 172 Å². The highest BCUT2D eigenvalue weighted by Gasteiger charge is 2.15. The van der Waals surface area contributed by atoms with Crippen LogP contribution < -0.4 is 10.1 Å². The van der Waals surface area contributed by atoms with Gasteiger partial charge >= 0.3 is 0 Å². The van der Waals surface area contributed by atoms with Gasteiger partial charge in [-0.3, -0.25) is 9.69 Å². The molecule has 1 aliphatic heterocycles. The van der Waals surface area contributed by atoms with Crippen LogP contribution in [0.15, 0.2) is 42.5 Å². The molecule has 2 aromatic rings. The van der Waals surface area contributed by atoms with Crippen molar-refractivity contribution in [1.29, 1.82) is 0 Å². The van der Waals surface area contributed by atoms with Gasteiger partial charge in [0.2, 0.25) is 0 Å². The second-order valence-electron chi connectivity index (χ2n) is 7.55. The number of amides is 1. The van der Waals surface area contributed by atoms with E-state index in [0.29, 0.717) is 17.3 Å². The number of likely N-dealkylation sites (tertiary alicyclic amines) is 1. The van der Waals surface area contributed by atoms with Gasteiger partial charge in [0, 0.05) is 18.1 Å². The number of nitrogens with zero attached hydrogens (tertiary/aromatic N) is 1. The minimum absolute atomic E-state index is 0.131. The van der Waals surface area contributed by atoms with Crippen LogP contribution in [0.1, 0.15) is 42.9 Å². The third-order valence-electron chi connectivity index (χ3n) is 5.12. The van der Waals surface area contributed by atoms with E-state index < -0.39 is 6.10 Å². The average molecular weight is 401 g/mol. The van der Waals surface area contributed by atoms with Crippen LogP contribution in [0.2, 0.25) is 5.02 Å². The first-order valence-electron chi connectivity index (χ1n) is 10.0. The second-order valence-corrected chi connectivity index (χ2v) is 7.95. The third kappa shape index (κ3) is 5.98. The minimum atomic E-state index is -0.572. The molecule has 0 spiro atoms. The summed E-state index contributed by atoms with van der Waals surface area (Å²) in [6.07, 6.45) is 3.36. The molecular formula is C23H29ClN2O2. The molecule has 0 aromatic heterocycles. The molecule has 1 N–H and O–H groups in total. The highest BCUT2D eigenvalue weighted by Crippen LogP contribution is 2.22. The lowest BCUT2D eigenvalue weighted by atomic mass is 10.1. The molecule has 28 heavy (non-hydrogen) atoms. The van der Waals surface area contributed by atoms with Crippen molar-refractivity contribution in [3.63, 3.8) is 0 Å². The van der Waals surface area contributed by atoms with Crippen molar-refractivity contribution in [2.75, 3.05) is 13.1 Å². The maximum absolute atomic E-state index is 12.4. The van der Waals surface area contributed by atoms with Gasteiger partial charge in [-0.1, -0.05) is 42.3 Å². The number of hydrogen-bond acceptors (Lipinski definition) is 3. The summed E-state index contributed by atoms with van der Waals surface area (Å²) in [4.78, 5) is 14.9. The molecule has 1 aliphatic rings. The number of aryl methyl sites for hydroxylation is 1. The summed E-state index contributed by atoms with van der Waals surface area (Å²) in [7, 11) is 0. The van der Waals surface area contributed by atoms with Gasteiger partial charge in [0.15, 0.2) is 6.10 Å². The monoisotopic (exact) mass is 400 g/mol. The van der Waals surface area contributed by atoms with Crippen molar-refractivity contribution in [2.24, 2.45) is 0 Å². The molecule has 1 saturated heterocycles. The molecule has 4 nitrogen and oxygen atoms in total. The Morgan fingerprint density at radius 2 is 1.89 bits per heavy atom. The Kier molecular flexibility index (Phi) is 7.35. The Hall–Kier alpha value is -2.04. The van der Waals surface area contributed by atoms with E-state index in [9.17, 15) is 4.79 Å². The highest BCUT2D eigenvalue weighted by molar-refractivity contribution is 6.31. The lowest BCUT2D eigenvalue weighted by Gasteiger charge is -2.26. The number of rotatable bonds is 7. The van der Waals surface area contributed by atoms with Gasteiger partial charge in [0.25, 0.3) is 5.91 Å². The Morgan fingerprint density at radius 1 is 1.14 bits per heavy atom. The number of ether oxygens (including phenoxy) is 1. The molecule has 1 fully saturated rings. The fraction of sp³-hybridized carbons (Fsp3) is 0.435. The van der Waals surface area contributed by atoms with E-state index in [-0.39, 0.29) is 5.91 Å². The quantitative estimate of drug-likeness (QED) is 0.731. The molecule has 0 radical (unpaired) electrons. The number of piperidine rings is 1. The van der Waals surface area contributed by atoms with Gasteiger partial charge in [-0.05, 0) is 74.7 Å².